The fourth-order valence-corrected chi connectivity index (χ4v) is 4.03. The Morgan fingerprint density at radius 2 is 2.12 bits per heavy atom. The average Bonchev–Trinajstić information content (AvgIpc) is 2.56. The molecule has 0 aromatic carbocycles. The standard InChI is InChI=1S/C18H18ClN5/c1-12-3-2-4-14(22-12)9-23-10-15-6-16(11-23)24(15)18-17(19)5-13(7-20)8-21-18/h2-5,8,15-16H,6,9-11H2,1H3. The van der Waals surface area contributed by atoms with E-state index in [0.29, 0.717) is 22.7 Å². The molecule has 0 amide bonds. The number of fused-ring (bicyclic) bond motifs is 2. The Morgan fingerprint density at radius 3 is 2.79 bits per heavy atom. The summed E-state index contributed by atoms with van der Waals surface area (Å²) >= 11 is 6.33. The average molecular weight is 340 g/mol. The monoisotopic (exact) mass is 339 g/mol. The first-order chi connectivity index (χ1) is 11.6. The predicted molar refractivity (Wildman–Crippen MR) is 92.9 cm³/mol. The number of halogens is 1. The van der Waals surface area contributed by atoms with E-state index in [4.69, 9.17) is 16.9 Å². The molecular weight excluding hydrogens is 322 g/mol. The molecule has 0 spiro atoms. The second-order valence-electron chi connectivity index (χ2n) is 6.56. The van der Waals surface area contributed by atoms with Gasteiger partial charge in [-0.2, -0.15) is 5.26 Å². The maximum atomic E-state index is 8.94. The van der Waals surface area contributed by atoms with E-state index >= 15 is 0 Å². The van der Waals surface area contributed by atoms with Crippen LogP contribution in [0.4, 0.5) is 5.82 Å². The molecule has 2 aromatic rings. The number of anilines is 1. The number of rotatable bonds is 3. The number of pyridine rings is 2. The minimum absolute atomic E-state index is 0.437. The van der Waals surface area contributed by atoms with Crippen molar-refractivity contribution in [3.8, 4) is 6.07 Å². The van der Waals surface area contributed by atoms with E-state index in [0.717, 1.165) is 36.8 Å². The first kappa shape index (κ1) is 15.4. The van der Waals surface area contributed by atoms with Gasteiger partial charge in [-0.25, -0.2) is 4.98 Å². The van der Waals surface area contributed by atoms with Gasteiger partial charge in [0.25, 0.3) is 0 Å². The SMILES string of the molecule is Cc1cccc(CN2CC3CC(C2)N3c2ncc(C#N)cc2Cl)n1. The molecule has 3 aliphatic rings. The molecule has 0 saturated carbocycles. The lowest BCUT2D eigenvalue weighted by atomic mass is 9.87. The van der Waals surface area contributed by atoms with Crippen LogP contribution in [0.15, 0.2) is 30.5 Å². The molecule has 0 aliphatic carbocycles. The summed E-state index contributed by atoms with van der Waals surface area (Å²) in [5.74, 6) is 0.810. The first-order valence-electron chi connectivity index (χ1n) is 8.13. The fraction of sp³-hybridized carbons (Fsp3) is 0.389. The van der Waals surface area contributed by atoms with Gasteiger partial charge in [-0.05, 0) is 31.5 Å². The maximum absolute atomic E-state index is 8.94. The minimum Gasteiger partial charge on any atom is -0.347 e. The summed E-state index contributed by atoms with van der Waals surface area (Å²) in [5, 5.41) is 9.51. The second-order valence-corrected chi connectivity index (χ2v) is 6.96. The quantitative estimate of drug-likeness (QED) is 0.860. The topological polar surface area (TPSA) is 56.0 Å². The molecule has 2 atom stereocenters. The predicted octanol–water partition coefficient (Wildman–Crippen LogP) is 2.77. The molecule has 24 heavy (non-hydrogen) atoms. The Kier molecular flexibility index (Phi) is 3.87. The van der Waals surface area contributed by atoms with Crippen LogP contribution in [-0.4, -0.2) is 40.0 Å². The summed E-state index contributed by atoms with van der Waals surface area (Å²) in [6.07, 6.45) is 2.78. The maximum Gasteiger partial charge on any atom is 0.148 e. The Morgan fingerprint density at radius 1 is 1.33 bits per heavy atom. The molecule has 3 saturated heterocycles. The van der Waals surface area contributed by atoms with Gasteiger partial charge in [0, 0.05) is 43.6 Å². The molecule has 2 unspecified atom stereocenters. The highest BCUT2D eigenvalue weighted by atomic mass is 35.5. The second kappa shape index (κ2) is 6.04. The van der Waals surface area contributed by atoms with Gasteiger partial charge in [0.2, 0.25) is 0 Å². The number of piperidine rings is 1. The van der Waals surface area contributed by atoms with Crippen LogP contribution in [0.2, 0.25) is 5.02 Å². The lowest BCUT2D eigenvalue weighted by molar-refractivity contribution is 0.106. The summed E-state index contributed by atoms with van der Waals surface area (Å²) in [7, 11) is 0. The van der Waals surface area contributed by atoms with Crippen molar-refractivity contribution >= 4 is 17.4 Å². The largest absolute Gasteiger partial charge is 0.347 e. The number of piperazine rings is 1. The van der Waals surface area contributed by atoms with Crippen LogP contribution in [0.3, 0.4) is 0 Å². The molecule has 0 N–H and O–H groups in total. The molecule has 6 heteroatoms. The van der Waals surface area contributed by atoms with E-state index in [9.17, 15) is 0 Å². The summed E-state index contributed by atoms with van der Waals surface area (Å²) in [4.78, 5) is 13.8. The van der Waals surface area contributed by atoms with Crippen LogP contribution >= 0.6 is 11.6 Å². The Balaban J connectivity index is 1.46. The number of nitrogens with zero attached hydrogens (tertiary/aromatic N) is 5. The van der Waals surface area contributed by atoms with Crippen molar-refractivity contribution in [2.45, 2.75) is 32.0 Å². The van der Waals surface area contributed by atoms with Crippen molar-refractivity contribution in [2.24, 2.45) is 0 Å². The summed E-state index contributed by atoms with van der Waals surface area (Å²) < 4.78 is 0. The number of hydrogen-bond donors (Lipinski definition) is 0. The highest BCUT2D eigenvalue weighted by Gasteiger charge is 2.45. The summed E-state index contributed by atoms with van der Waals surface area (Å²) in [6, 6.07) is 10.8. The number of aryl methyl sites for hydroxylation is 1. The highest BCUT2D eigenvalue weighted by molar-refractivity contribution is 6.33. The zero-order valence-electron chi connectivity index (χ0n) is 13.5. The number of nitriles is 1. The van der Waals surface area contributed by atoms with Crippen molar-refractivity contribution in [3.05, 3.63) is 52.4 Å². The molecule has 3 aliphatic heterocycles. The summed E-state index contributed by atoms with van der Waals surface area (Å²) in [6.45, 7) is 4.89. The number of aromatic nitrogens is 2. The van der Waals surface area contributed by atoms with Gasteiger partial charge < -0.3 is 4.90 Å². The molecular formula is C18H18ClN5. The van der Waals surface area contributed by atoms with Crippen LogP contribution < -0.4 is 4.90 Å². The van der Waals surface area contributed by atoms with Crippen molar-refractivity contribution in [2.75, 3.05) is 18.0 Å². The van der Waals surface area contributed by atoms with Gasteiger partial charge in [-0.1, -0.05) is 17.7 Å². The Hall–Kier alpha value is -2.16. The minimum atomic E-state index is 0.437. The molecule has 3 fully saturated rings. The molecule has 0 radical (unpaired) electrons. The fourth-order valence-electron chi connectivity index (χ4n) is 3.77. The van der Waals surface area contributed by atoms with Gasteiger partial charge in [0.05, 0.1) is 16.3 Å². The van der Waals surface area contributed by atoms with Gasteiger partial charge in [0.1, 0.15) is 11.9 Å². The van der Waals surface area contributed by atoms with Crippen LogP contribution in [0.5, 0.6) is 0 Å². The van der Waals surface area contributed by atoms with E-state index in [-0.39, 0.29) is 0 Å². The molecule has 122 valence electrons. The normalized spacial score (nSPS) is 22.8. The third-order valence-corrected chi connectivity index (χ3v) is 5.07. The highest BCUT2D eigenvalue weighted by Crippen LogP contribution is 2.39. The van der Waals surface area contributed by atoms with Crippen molar-refractivity contribution in [3.63, 3.8) is 0 Å². The Labute approximate surface area is 146 Å². The van der Waals surface area contributed by atoms with Crippen LogP contribution in [0.25, 0.3) is 0 Å². The van der Waals surface area contributed by atoms with Crippen molar-refractivity contribution in [1.82, 2.24) is 14.9 Å². The zero-order chi connectivity index (χ0) is 16.7. The lowest BCUT2D eigenvalue weighted by Gasteiger charge is -2.57. The Bertz CT molecular complexity index is 803. The third-order valence-electron chi connectivity index (χ3n) is 4.80. The molecule has 2 aromatic heterocycles. The third kappa shape index (κ3) is 2.72. The van der Waals surface area contributed by atoms with E-state index in [1.165, 1.54) is 6.42 Å². The zero-order valence-corrected chi connectivity index (χ0v) is 14.2. The molecule has 2 bridgehead atoms. The van der Waals surface area contributed by atoms with E-state index in [2.05, 4.69) is 38.0 Å². The van der Waals surface area contributed by atoms with Gasteiger partial charge in [0.15, 0.2) is 0 Å². The summed E-state index contributed by atoms with van der Waals surface area (Å²) in [5.41, 5.74) is 2.68. The lowest BCUT2D eigenvalue weighted by Crippen LogP contribution is -2.69. The van der Waals surface area contributed by atoms with Crippen LogP contribution in [-0.2, 0) is 6.54 Å². The van der Waals surface area contributed by atoms with Crippen LogP contribution in [0.1, 0.15) is 23.4 Å². The van der Waals surface area contributed by atoms with Crippen LogP contribution in [0, 0.1) is 18.3 Å². The van der Waals surface area contributed by atoms with Gasteiger partial charge in [-0.15, -0.1) is 0 Å². The van der Waals surface area contributed by atoms with Crippen molar-refractivity contribution in [1.29, 1.82) is 5.26 Å². The molecule has 5 rings (SSSR count). The smallest absolute Gasteiger partial charge is 0.148 e. The molecule has 5 nitrogen and oxygen atoms in total. The van der Waals surface area contributed by atoms with Gasteiger partial charge >= 0.3 is 0 Å². The van der Waals surface area contributed by atoms with E-state index in [1.807, 2.05) is 13.0 Å². The molecule has 5 heterocycles. The van der Waals surface area contributed by atoms with E-state index < -0.39 is 0 Å². The van der Waals surface area contributed by atoms with Gasteiger partial charge in [-0.3, -0.25) is 9.88 Å². The van der Waals surface area contributed by atoms with E-state index in [1.54, 1.807) is 12.3 Å². The first-order valence-corrected chi connectivity index (χ1v) is 8.50. The van der Waals surface area contributed by atoms with Crippen molar-refractivity contribution < 1.29 is 0 Å². The number of hydrogen-bond acceptors (Lipinski definition) is 5.